The van der Waals surface area contributed by atoms with Crippen LogP contribution in [0, 0.1) is 0 Å². The number of hydrogen-bond donors (Lipinski definition) is 2. The Hall–Kier alpha value is -3.58. The highest BCUT2D eigenvalue weighted by molar-refractivity contribution is 7.90. The van der Waals surface area contributed by atoms with E-state index < -0.39 is 10.0 Å². The minimum atomic E-state index is -3.37. The zero-order chi connectivity index (χ0) is 25.7. The fraction of sp³-hybridized carbons (Fsp3) is 0.458. The molecule has 0 aliphatic heterocycles. The van der Waals surface area contributed by atoms with Crippen molar-refractivity contribution in [2.24, 2.45) is 0 Å². The second-order valence-electron chi connectivity index (χ2n) is 8.97. The Morgan fingerprint density at radius 1 is 1.19 bits per heavy atom. The molecule has 0 aromatic carbocycles. The van der Waals surface area contributed by atoms with Gasteiger partial charge in [-0.25, -0.2) is 13.4 Å². The molecule has 0 atom stereocenters. The van der Waals surface area contributed by atoms with Crippen molar-refractivity contribution < 1.29 is 13.2 Å². The number of pyridine rings is 1. The van der Waals surface area contributed by atoms with Crippen molar-refractivity contribution in [1.82, 2.24) is 34.0 Å². The Balaban J connectivity index is 1.10. The van der Waals surface area contributed by atoms with E-state index in [4.69, 9.17) is 9.72 Å². The number of anilines is 2. The van der Waals surface area contributed by atoms with Crippen LogP contribution in [0.25, 0.3) is 5.65 Å². The molecule has 0 bridgehead atoms. The van der Waals surface area contributed by atoms with Crippen LogP contribution in [0.5, 0.6) is 0 Å². The van der Waals surface area contributed by atoms with Gasteiger partial charge < -0.3 is 15.4 Å². The summed E-state index contributed by atoms with van der Waals surface area (Å²) in [6.07, 6.45) is 10.5. The van der Waals surface area contributed by atoms with Gasteiger partial charge in [-0.1, -0.05) is 18.2 Å². The monoisotopic (exact) mass is 525 g/mol. The van der Waals surface area contributed by atoms with E-state index in [2.05, 4.69) is 38.0 Å². The van der Waals surface area contributed by atoms with Gasteiger partial charge >= 0.3 is 0 Å². The molecule has 37 heavy (non-hydrogen) atoms. The van der Waals surface area contributed by atoms with Gasteiger partial charge in [0, 0.05) is 50.1 Å². The lowest BCUT2D eigenvalue weighted by atomic mass is 10.2. The molecule has 196 valence electrons. The highest BCUT2D eigenvalue weighted by Crippen LogP contribution is 2.29. The van der Waals surface area contributed by atoms with Crippen LogP contribution in [0.2, 0.25) is 0 Å². The molecular formula is C24H31N9O3S. The van der Waals surface area contributed by atoms with Gasteiger partial charge in [-0.3, -0.25) is 4.98 Å². The zero-order valence-corrected chi connectivity index (χ0v) is 21.6. The summed E-state index contributed by atoms with van der Waals surface area (Å²) >= 11 is 0. The van der Waals surface area contributed by atoms with E-state index in [1.807, 2.05) is 35.1 Å². The smallest absolute Gasteiger partial charge is 0.258 e. The van der Waals surface area contributed by atoms with Gasteiger partial charge in [0.15, 0.2) is 5.65 Å². The fourth-order valence-corrected chi connectivity index (χ4v) is 5.32. The molecule has 1 fully saturated rings. The fourth-order valence-electron chi connectivity index (χ4n) is 3.88. The summed E-state index contributed by atoms with van der Waals surface area (Å²) in [5, 5.41) is 18.8. The molecule has 2 N–H and O–H groups in total. The van der Waals surface area contributed by atoms with E-state index in [9.17, 15) is 8.42 Å². The topological polar surface area (TPSA) is 141 Å². The summed E-state index contributed by atoms with van der Waals surface area (Å²) in [5.41, 5.74) is 3.60. The molecule has 0 saturated heterocycles. The first-order valence-corrected chi connectivity index (χ1v) is 14.0. The Morgan fingerprint density at radius 2 is 2.08 bits per heavy atom. The first-order chi connectivity index (χ1) is 18.0. The number of aromatic nitrogens is 7. The van der Waals surface area contributed by atoms with Gasteiger partial charge in [0.1, 0.15) is 11.6 Å². The molecule has 4 aromatic rings. The predicted molar refractivity (Wildman–Crippen MR) is 139 cm³/mol. The summed E-state index contributed by atoms with van der Waals surface area (Å²) in [7, 11) is -3.37. The van der Waals surface area contributed by atoms with Crippen LogP contribution >= 0.6 is 0 Å². The third kappa shape index (κ3) is 6.05. The highest BCUT2D eigenvalue weighted by atomic mass is 32.2. The molecule has 0 radical (unpaired) electrons. The van der Waals surface area contributed by atoms with Crippen molar-refractivity contribution in [2.45, 2.75) is 50.8 Å². The lowest BCUT2D eigenvalue weighted by Crippen LogP contribution is -2.18. The summed E-state index contributed by atoms with van der Waals surface area (Å²) in [6.45, 7) is 4.41. The molecule has 5 rings (SSSR count). The molecule has 0 spiro atoms. The molecule has 0 unspecified atom stereocenters. The second-order valence-corrected chi connectivity index (χ2v) is 11.0. The van der Waals surface area contributed by atoms with Gasteiger partial charge in [-0.15, -0.1) is 9.19 Å². The van der Waals surface area contributed by atoms with E-state index in [1.165, 1.54) is 6.20 Å². The number of nitrogens with one attached hydrogen (secondary N) is 2. The Bertz CT molecular complexity index is 1430. The van der Waals surface area contributed by atoms with Crippen LogP contribution < -0.4 is 10.6 Å². The molecule has 0 amide bonds. The Kier molecular flexibility index (Phi) is 7.60. The normalized spacial score (nSPS) is 13.8. The van der Waals surface area contributed by atoms with Crippen molar-refractivity contribution in [2.75, 3.05) is 30.4 Å². The number of fused-ring (bicyclic) bond motifs is 1. The number of hydrogen-bond acceptors (Lipinski definition) is 10. The number of aryl methyl sites for hydroxylation is 1. The third-order valence-corrected chi connectivity index (χ3v) is 8.14. The summed E-state index contributed by atoms with van der Waals surface area (Å²) in [5.74, 6) is 1.62. The second kappa shape index (κ2) is 11.2. The minimum Gasteiger partial charge on any atom is -0.381 e. The van der Waals surface area contributed by atoms with Crippen LogP contribution in [0.15, 0.2) is 43.0 Å². The summed E-state index contributed by atoms with van der Waals surface area (Å²) in [6, 6.07) is 5.90. The standard InChI is InChI=1S/C24H31N9O3S/c1-2-19-16-28-33-23(27-15-18-5-3-9-25-14-18)13-22(29-24(19)33)26-10-4-11-36-12-8-20-17-32(31-30-20)37(34,35)21-6-7-21/h3,5,9,13-14,16-17,21,27H,2,4,6-8,10-12,15H2,1H3,(H,26,29). The maximum atomic E-state index is 12.2. The molecule has 13 heteroatoms. The first-order valence-electron chi connectivity index (χ1n) is 12.5. The van der Waals surface area contributed by atoms with Gasteiger partial charge in [0.2, 0.25) is 0 Å². The average Bonchev–Trinajstić information content (AvgIpc) is 3.53. The molecule has 4 aromatic heterocycles. The molecule has 1 saturated carbocycles. The SMILES string of the molecule is CCc1cnn2c(NCc3cccnc3)cc(NCCCOCCc3cn(S(=O)(=O)C4CC4)nn3)nc12. The van der Waals surface area contributed by atoms with E-state index in [0.717, 1.165) is 45.3 Å². The third-order valence-electron chi connectivity index (χ3n) is 6.12. The number of rotatable bonds is 14. The van der Waals surface area contributed by atoms with Crippen molar-refractivity contribution in [3.8, 4) is 0 Å². The van der Waals surface area contributed by atoms with E-state index in [-0.39, 0.29) is 5.25 Å². The van der Waals surface area contributed by atoms with Gasteiger partial charge in [-0.2, -0.15) is 9.61 Å². The van der Waals surface area contributed by atoms with Crippen molar-refractivity contribution in [3.05, 3.63) is 59.8 Å². The minimum absolute atomic E-state index is 0.309. The number of ether oxygens (including phenoxy) is 1. The van der Waals surface area contributed by atoms with Gasteiger partial charge in [-0.05, 0) is 37.3 Å². The Labute approximate surface area is 215 Å². The largest absolute Gasteiger partial charge is 0.381 e. The van der Waals surface area contributed by atoms with Crippen molar-refractivity contribution in [1.29, 1.82) is 0 Å². The lowest BCUT2D eigenvalue weighted by Gasteiger charge is -2.12. The van der Waals surface area contributed by atoms with E-state index >= 15 is 0 Å². The molecule has 12 nitrogen and oxygen atoms in total. The molecule has 1 aliphatic carbocycles. The molecule has 1 aliphatic rings. The number of nitrogens with zero attached hydrogens (tertiary/aromatic N) is 7. The first kappa shape index (κ1) is 25.1. The summed E-state index contributed by atoms with van der Waals surface area (Å²) in [4.78, 5) is 8.93. The van der Waals surface area contributed by atoms with Crippen LogP contribution in [-0.4, -0.2) is 67.4 Å². The zero-order valence-electron chi connectivity index (χ0n) is 20.7. The van der Waals surface area contributed by atoms with E-state index in [1.54, 1.807) is 6.20 Å². The average molecular weight is 526 g/mol. The summed E-state index contributed by atoms with van der Waals surface area (Å²) < 4.78 is 32.9. The molecular weight excluding hydrogens is 494 g/mol. The predicted octanol–water partition coefficient (Wildman–Crippen LogP) is 2.29. The maximum absolute atomic E-state index is 12.2. The van der Waals surface area contributed by atoms with E-state index in [0.29, 0.717) is 51.3 Å². The molecule has 4 heterocycles. The lowest BCUT2D eigenvalue weighted by molar-refractivity contribution is 0.136. The van der Waals surface area contributed by atoms with Crippen LogP contribution in [-0.2, 0) is 34.1 Å². The van der Waals surface area contributed by atoms with Crippen LogP contribution in [0.4, 0.5) is 11.6 Å². The Morgan fingerprint density at radius 3 is 2.86 bits per heavy atom. The van der Waals surface area contributed by atoms with Crippen molar-refractivity contribution >= 4 is 27.3 Å². The van der Waals surface area contributed by atoms with Crippen molar-refractivity contribution in [3.63, 3.8) is 0 Å². The maximum Gasteiger partial charge on any atom is 0.258 e. The highest BCUT2D eigenvalue weighted by Gasteiger charge is 2.37. The van der Waals surface area contributed by atoms with Gasteiger partial charge in [0.25, 0.3) is 10.0 Å². The van der Waals surface area contributed by atoms with Crippen LogP contribution in [0.3, 0.4) is 0 Å². The quantitative estimate of drug-likeness (QED) is 0.236. The van der Waals surface area contributed by atoms with Crippen LogP contribution in [0.1, 0.15) is 43.0 Å². The van der Waals surface area contributed by atoms with Gasteiger partial charge in [0.05, 0.1) is 29.9 Å².